The molecule has 0 fully saturated rings. The maximum atomic E-state index is 13.0. The molecule has 1 N–H and O–H groups in total. The Kier molecular flexibility index (Phi) is 5.03. The zero-order valence-corrected chi connectivity index (χ0v) is 12.0. The third-order valence-electron chi connectivity index (χ3n) is 3.03. The van der Waals surface area contributed by atoms with Gasteiger partial charge in [-0.3, -0.25) is 4.79 Å². The van der Waals surface area contributed by atoms with Crippen LogP contribution in [0.1, 0.15) is 36.7 Å². The van der Waals surface area contributed by atoms with Gasteiger partial charge in [0.15, 0.2) is 0 Å². The molecular formula is C14H19F3N2O. The lowest BCUT2D eigenvalue weighted by Crippen LogP contribution is -2.33. The fraction of sp³-hybridized carbons (Fsp3) is 0.500. The Morgan fingerprint density at radius 1 is 1.35 bits per heavy atom. The van der Waals surface area contributed by atoms with E-state index < -0.39 is 17.6 Å². The smallest absolute Gasteiger partial charge is 0.385 e. The van der Waals surface area contributed by atoms with E-state index in [1.807, 2.05) is 0 Å². The summed E-state index contributed by atoms with van der Waals surface area (Å²) in [6.07, 6.45) is -4.50. The normalized spacial score (nSPS) is 11.6. The summed E-state index contributed by atoms with van der Waals surface area (Å²) in [5.41, 5.74) is -0.790. The van der Waals surface area contributed by atoms with Gasteiger partial charge in [-0.2, -0.15) is 13.2 Å². The maximum Gasteiger partial charge on any atom is 0.418 e. The van der Waals surface area contributed by atoms with Crippen LogP contribution in [-0.4, -0.2) is 30.4 Å². The first-order chi connectivity index (χ1) is 9.18. The standard InChI is InChI=1S/C14H19F3N2O/c1-5-18-12-7-6-10(8-11(12)14(15,16)17)13(20)19(4)9(2)3/h6-9,18H,5H2,1-4H3. The SMILES string of the molecule is CCNc1ccc(C(=O)N(C)C(C)C)cc1C(F)(F)F. The molecule has 0 radical (unpaired) electrons. The Hall–Kier alpha value is -1.72. The van der Waals surface area contributed by atoms with Crippen molar-refractivity contribution >= 4 is 11.6 Å². The number of anilines is 1. The maximum absolute atomic E-state index is 13.0. The molecule has 0 saturated carbocycles. The molecule has 0 bridgehead atoms. The predicted molar refractivity (Wildman–Crippen MR) is 72.8 cm³/mol. The van der Waals surface area contributed by atoms with Crippen molar-refractivity contribution in [3.63, 3.8) is 0 Å². The first kappa shape index (κ1) is 16.3. The lowest BCUT2D eigenvalue weighted by atomic mass is 10.1. The number of hydrogen-bond donors (Lipinski definition) is 1. The van der Waals surface area contributed by atoms with Crippen LogP contribution < -0.4 is 5.32 Å². The highest BCUT2D eigenvalue weighted by Gasteiger charge is 2.34. The zero-order valence-electron chi connectivity index (χ0n) is 12.0. The van der Waals surface area contributed by atoms with Crippen LogP contribution in [0.15, 0.2) is 18.2 Å². The molecule has 0 saturated heterocycles. The third-order valence-corrected chi connectivity index (χ3v) is 3.03. The summed E-state index contributed by atoms with van der Waals surface area (Å²) in [4.78, 5) is 13.5. The second-order valence-corrected chi connectivity index (χ2v) is 4.80. The molecule has 0 spiro atoms. The van der Waals surface area contributed by atoms with Crippen molar-refractivity contribution in [1.82, 2.24) is 4.90 Å². The van der Waals surface area contributed by atoms with Crippen molar-refractivity contribution < 1.29 is 18.0 Å². The molecule has 1 amide bonds. The zero-order chi connectivity index (χ0) is 15.5. The number of carbonyl (C=O) groups is 1. The van der Waals surface area contributed by atoms with Gasteiger partial charge in [0.1, 0.15) is 0 Å². The topological polar surface area (TPSA) is 32.3 Å². The number of amides is 1. The summed E-state index contributed by atoms with van der Waals surface area (Å²) >= 11 is 0. The average Bonchev–Trinajstić information content (AvgIpc) is 2.36. The Morgan fingerprint density at radius 3 is 2.40 bits per heavy atom. The van der Waals surface area contributed by atoms with E-state index in [2.05, 4.69) is 5.32 Å². The quantitative estimate of drug-likeness (QED) is 0.917. The van der Waals surface area contributed by atoms with Crippen LogP contribution in [0.5, 0.6) is 0 Å². The van der Waals surface area contributed by atoms with E-state index in [0.717, 1.165) is 6.07 Å². The summed E-state index contributed by atoms with van der Waals surface area (Å²) in [6.45, 7) is 5.69. The molecule has 0 aromatic heterocycles. The summed E-state index contributed by atoms with van der Waals surface area (Å²) in [6, 6.07) is 3.53. The first-order valence-electron chi connectivity index (χ1n) is 6.40. The van der Waals surface area contributed by atoms with Crippen LogP contribution in [0.25, 0.3) is 0 Å². The summed E-state index contributed by atoms with van der Waals surface area (Å²) < 4.78 is 39.0. The van der Waals surface area contributed by atoms with Crippen LogP contribution >= 0.6 is 0 Å². The van der Waals surface area contributed by atoms with Crippen LogP contribution in [0.3, 0.4) is 0 Å². The van der Waals surface area contributed by atoms with Crippen molar-refractivity contribution in [2.75, 3.05) is 18.9 Å². The van der Waals surface area contributed by atoms with Crippen LogP contribution in [0, 0.1) is 0 Å². The molecular weight excluding hydrogens is 269 g/mol. The van der Waals surface area contributed by atoms with Gasteiger partial charge < -0.3 is 10.2 Å². The van der Waals surface area contributed by atoms with Crippen molar-refractivity contribution in [3.05, 3.63) is 29.3 Å². The molecule has 1 aromatic carbocycles. The van der Waals surface area contributed by atoms with Crippen molar-refractivity contribution in [3.8, 4) is 0 Å². The monoisotopic (exact) mass is 288 g/mol. The van der Waals surface area contributed by atoms with E-state index in [0.29, 0.717) is 6.54 Å². The molecule has 0 atom stereocenters. The minimum absolute atomic E-state index is 0.0104. The fourth-order valence-corrected chi connectivity index (χ4v) is 1.69. The molecule has 0 aliphatic rings. The number of halogens is 3. The van der Waals surface area contributed by atoms with Gasteiger partial charge in [-0.05, 0) is 39.0 Å². The predicted octanol–water partition coefficient (Wildman–Crippen LogP) is 3.62. The molecule has 6 heteroatoms. The van der Waals surface area contributed by atoms with Crippen molar-refractivity contribution in [1.29, 1.82) is 0 Å². The van der Waals surface area contributed by atoms with Gasteiger partial charge in [0.2, 0.25) is 0 Å². The van der Waals surface area contributed by atoms with Gasteiger partial charge >= 0.3 is 6.18 Å². The number of benzene rings is 1. The number of nitrogens with one attached hydrogen (secondary N) is 1. The van der Waals surface area contributed by atoms with Crippen molar-refractivity contribution in [2.24, 2.45) is 0 Å². The summed E-state index contributed by atoms with van der Waals surface area (Å²) in [5.74, 6) is -0.423. The van der Waals surface area contributed by atoms with Gasteiger partial charge in [-0.1, -0.05) is 0 Å². The largest absolute Gasteiger partial charge is 0.418 e. The average molecular weight is 288 g/mol. The number of nitrogens with zero attached hydrogens (tertiary/aromatic N) is 1. The molecule has 0 unspecified atom stereocenters. The highest BCUT2D eigenvalue weighted by molar-refractivity contribution is 5.95. The van der Waals surface area contributed by atoms with Gasteiger partial charge in [0, 0.05) is 30.9 Å². The molecule has 3 nitrogen and oxygen atoms in total. The lowest BCUT2D eigenvalue weighted by molar-refractivity contribution is -0.137. The Bertz CT molecular complexity index is 484. The Balaban J connectivity index is 3.22. The van der Waals surface area contributed by atoms with E-state index >= 15 is 0 Å². The summed E-state index contributed by atoms with van der Waals surface area (Å²) in [7, 11) is 1.57. The van der Waals surface area contributed by atoms with Crippen LogP contribution in [0.4, 0.5) is 18.9 Å². The Morgan fingerprint density at radius 2 is 1.95 bits per heavy atom. The van der Waals surface area contributed by atoms with Crippen molar-refractivity contribution in [2.45, 2.75) is 33.0 Å². The number of carbonyl (C=O) groups excluding carboxylic acids is 1. The molecule has 0 heterocycles. The minimum Gasteiger partial charge on any atom is -0.385 e. The molecule has 0 aliphatic carbocycles. The third kappa shape index (κ3) is 3.65. The highest BCUT2D eigenvalue weighted by Crippen LogP contribution is 2.35. The Labute approximate surface area is 116 Å². The highest BCUT2D eigenvalue weighted by atomic mass is 19.4. The lowest BCUT2D eigenvalue weighted by Gasteiger charge is -2.22. The van der Waals surface area contributed by atoms with E-state index in [1.165, 1.54) is 17.0 Å². The second kappa shape index (κ2) is 6.15. The van der Waals surface area contributed by atoms with Gasteiger partial charge in [0.25, 0.3) is 5.91 Å². The molecule has 0 aliphatic heterocycles. The number of alkyl halides is 3. The molecule has 1 rings (SSSR count). The molecule has 1 aromatic rings. The fourth-order valence-electron chi connectivity index (χ4n) is 1.69. The van der Waals surface area contributed by atoms with Gasteiger partial charge in [-0.15, -0.1) is 0 Å². The van der Waals surface area contributed by atoms with Gasteiger partial charge in [-0.25, -0.2) is 0 Å². The van der Waals surface area contributed by atoms with Crippen LogP contribution in [0.2, 0.25) is 0 Å². The number of rotatable bonds is 4. The molecule has 20 heavy (non-hydrogen) atoms. The van der Waals surface area contributed by atoms with E-state index in [1.54, 1.807) is 27.8 Å². The second-order valence-electron chi connectivity index (χ2n) is 4.80. The van der Waals surface area contributed by atoms with E-state index in [9.17, 15) is 18.0 Å². The first-order valence-corrected chi connectivity index (χ1v) is 6.40. The van der Waals surface area contributed by atoms with E-state index in [4.69, 9.17) is 0 Å². The van der Waals surface area contributed by atoms with E-state index in [-0.39, 0.29) is 17.3 Å². The van der Waals surface area contributed by atoms with Gasteiger partial charge in [0.05, 0.1) is 5.56 Å². The minimum atomic E-state index is -4.50. The molecule has 112 valence electrons. The summed E-state index contributed by atoms with van der Waals surface area (Å²) in [5, 5.41) is 2.66. The van der Waals surface area contributed by atoms with Crippen LogP contribution in [-0.2, 0) is 6.18 Å². The number of hydrogen-bond acceptors (Lipinski definition) is 2.